The van der Waals surface area contributed by atoms with E-state index in [2.05, 4.69) is 14.5 Å². The third-order valence-corrected chi connectivity index (χ3v) is 6.57. The molecular formula is C29H25N5O4. The zero-order chi connectivity index (χ0) is 26.2. The number of anilines is 1. The third kappa shape index (κ3) is 4.29. The van der Waals surface area contributed by atoms with Gasteiger partial charge in [-0.15, -0.1) is 0 Å². The van der Waals surface area contributed by atoms with E-state index in [0.29, 0.717) is 41.8 Å². The lowest BCUT2D eigenvalue weighted by Gasteiger charge is -2.12. The average molecular weight is 508 g/mol. The highest BCUT2D eigenvalue weighted by molar-refractivity contribution is 5.93. The van der Waals surface area contributed by atoms with Crippen molar-refractivity contribution in [1.82, 2.24) is 14.5 Å². The van der Waals surface area contributed by atoms with Crippen molar-refractivity contribution in [3.63, 3.8) is 0 Å². The number of hydrogen-bond acceptors (Lipinski definition) is 7. The zero-order valence-electron chi connectivity index (χ0n) is 20.6. The minimum Gasteiger partial charge on any atom is -0.489 e. The number of fused-ring (bicyclic) bond motifs is 3. The van der Waals surface area contributed by atoms with E-state index in [9.17, 15) is 4.79 Å². The molecule has 0 saturated carbocycles. The summed E-state index contributed by atoms with van der Waals surface area (Å²) in [5.74, 6) is 1.96. The molecule has 0 aliphatic carbocycles. The van der Waals surface area contributed by atoms with E-state index < -0.39 is 5.91 Å². The van der Waals surface area contributed by atoms with Crippen LogP contribution in [0.25, 0.3) is 16.7 Å². The van der Waals surface area contributed by atoms with Crippen LogP contribution >= 0.6 is 0 Å². The lowest BCUT2D eigenvalue weighted by molar-refractivity contribution is 0.0783. The first kappa shape index (κ1) is 23.5. The Kier molecular flexibility index (Phi) is 5.89. The first-order valence-electron chi connectivity index (χ1n) is 12.1. The van der Waals surface area contributed by atoms with Gasteiger partial charge in [-0.25, -0.2) is 9.97 Å². The van der Waals surface area contributed by atoms with Gasteiger partial charge >= 0.3 is 0 Å². The molecule has 1 amide bonds. The summed E-state index contributed by atoms with van der Waals surface area (Å²) in [6.07, 6.45) is 1.43. The van der Waals surface area contributed by atoms with Crippen LogP contribution in [0.1, 0.15) is 40.2 Å². The molecule has 1 atom stereocenters. The number of primary amides is 1. The van der Waals surface area contributed by atoms with Crippen molar-refractivity contribution in [2.24, 2.45) is 5.73 Å². The first-order chi connectivity index (χ1) is 18.5. The van der Waals surface area contributed by atoms with E-state index >= 15 is 0 Å². The van der Waals surface area contributed by atoms with Gasteiger partial charge < -0.3 is 30.2 Å². The van der Waals surface area contributed by atoms with Crippen LogP contribution in [0.15, 0.2) is 79.1 Å². The van der Waals surface area contributed by atoms with Gasteiger partial charge in [0, 0.05) is 22.9 Å². The van der Waals surface area contributed by atoms with E-state index in [1.54, 1.807) is 12.1 Å². The van der Waals surface area contributed by atoms with Gasteiger partial charge in [-0.1, -0.05) is 18.2 Å². The minimum absolute atomic E-state index is 0.0605. The van der Waals surface area contributed by atoms with E-state index in [-0.39, 0.29) is 6.10 Å². The highest BCUT2D eigenvalue weighted by atomic mass is 16.5. The Morgan fingerprint density at radius 3 is 2.55 bits per heavy atom. The van der Waals surface area contributed by atoms with E-state index in [0.717, 1.165) is 33.5 Å². The van der Waals surface area contributed by atoms with Crippen LogP contribution < -0.4 is 20.9 Å². The fourth-order valence-corrected chi connectivity index (χ4v) is 4.70. The van der Waals surface area contributed by atoms with Crippen molar-refractivity contribution < 1.29 is 19.0 Å². The molecule has 4 N–H and O–H groups in total. The number of ether oxygens (including phenoxy) is 3. The van der Waals surface area contributed by atoms with Crippen molar-refractivity contribution in [3.05, 3.63) is 102 Å². The number of benzene rings is 3. The van der Waals surface area contributed by atoms with Crippen LogP contribution in [0.2, 0.25) is 0 Å². The summed E-state index contributed by atoms with van der Waals surface area (Å²) in [4.78, 5) is 19.9. The number of carbonyl (C=O) groups is 1. The Morgan fingerprint density at radius 2 is 1.79 bits per heavy atom. The second-order valence-corrected chi connectivity index (χ2v) is 9.03. The molecule has 1 aliphatic heterocycles. The lowest BCUT2D eigenvalue weighted by atomic mass is 10.1. The molecule has 6 rings (SSSR count). The topological polar surface area (TPSA) is 128 Å². The number of rotatable bonds is 7. The van der Waals surface area contributed by atoms with Crippen LogP contribution in [-0.4, -0.2) is 20.4 Å². The molecule has 3 heterocycles. The van der Waals surface area contributed by atoms with Gasteiger partial charge in [-0.05, 0) is 61.0 Å². The second-order valence-electron chi connectivity index (χ2n) is 9.03. The quantitative estimate of drug-likeness (QED) is 0.315. The summed E-state index contributed by atoms with van der Waals surface area (Å²) < 4.78 is 19.9. The predicted molar refractivity (Wildman–Crippen MR) is 142 cm³/mol. The Balaban J connectivity index is 1.19. The SMILES string of the molecule is CC1OCc2c1c1ncnc(N)c1n2-c1ccc(Oc2cccc(OCc3ccc(C(N)=O)cc3)c2)cc1. The van der Waals surface area contributed by atoms with Gasteiger partial charge in [-0.3, -0.25) is 4.79 Å². The normalized spacial score (nSPS) is 14.4. The molecule has 0 fully saturated rings. The monoisotopic (exact) mass is 507 g/mol. The first-order valence-corrected chi connectivity index (χ1v) is 12.1. The van der Waals surface area contributed by atoms with Crippen LogP contribution in [-0.2, 0) is 18.0 Å². The van der Waals surface area contributed by atoms with Gasteiger partial charge in [0.2, 0.25) is 5.91 Å². The van der Waals surface area contributed by atoms with Crippen molar-refractivity contribution in [3.8, 4) is 22.9 Å². The average Bonchev–Trinajstić information content (AvgIpc) is 3.47. The molecule has 0 spiro atoms. The Morgan fingerprint density at radius 1 is 1.03 bits per heavy atom. The molecular weight excluding hydrogens is 482 g/mol. The summed E-state index contributed by atoms with van der Waals surface area (Å²) >= 11 is 0. The fourth-order valence-electron chi connectivity index (χ4n) is 4.70. The smallest absolute Gasteiger partial charge is 0.248 e. The molecule has 1 unspecified atom stereocenters. The van der Waals surface area contributed by atoms with E-state index in [4.69, 9.17) is 25.7 Å². The predicted octanol–water partition coefficient (Wildman–Crippen LogP) is 5.06. The van der Waals surface area contributed by atoms with Crippen LogP contribution in [0, 0.1) is 0 Å². The largest absolute Gasteiger partial charge is 0.489 e. The maximum Gasteiger partial charge on any atom is 0.248 e. The number of aromatic nitrogens is 3. The number of carbonyl (C=O) groups excluding carboxylic acids is 1. The van der Waals surface area contributed by atoms with Gasteiger partial charge in [0.1, 0.15) is 41.2 Å². The van der Waals surface area contributed by atoms with Crippen LogP contribution in [0.5, 0.6) is 17.2 Å². The fraction of sp³-hybridized carbons (Fsp3) is 0.138. The number of nitrogen functional groups attached to an aromatic ring is 1. The van der Waals surface area contributed by atoms with E-state index in [1.165, 1.54) is 6.33 Å². The molecule has 1 aliphatic rings. The van der Waals surface area contributed by atoms with Crippen molar-refractivity contribution >= 4 is 22.8 Å². The van der Waals surface area contributed by atoms with Crippen LogP contribution in [0.3, 0.4) is 0 Å². The number of nitrogens with two attached hydrogens (primary N) is 2. The number of hydrogen-bond donors (Lipinski definition) is 2. The lowest BCUT2D eigenvalue weighted by Crippen LogP contribution is -2.10. The number of nitrogens with zero attached hydrogens (tertiary/aromatic N) is 3. The molecule has 2 aromatic heterocycles. The maximum absolute atomic E-state index is 11.2. The molecule has 3 aromatic carbocycles. The molecule has 0 radical (unpaired) electrons. The summed E-state index contributed by atoms with van der Waals surface area (Å²) in [7, 11) is 0. The van der Waals surface area contributed by atoms with Gasteiger partial charge in [0.15, 0.2) is 5.82 Å². The standard InChI is InChI=1S/C29H25N5O4/c1-17-25-24(15-36-17)34(27-26(25)32-16-33-28(27)30)20-9-11-21(12-10-20)38-23-4-2-3-22(13-23)37-14-18-5-7-19(8-6-18)29(31)35/h2-13,16-17H,14-15H2,1H3,(H2,31,35)(H2,30,32,33). The van der Waals surface area contributed by atoms with Crippen LogP contribution in [0.4, 0.5) is 5.82 Å². The van der Waals surface area contributed by atoms with Crippen molar-refractivity contribution in [1.29, 1.82) is 0 Å². The van der Waals surface area contributed by atoms with E-state index in [1.807, 2.05) is 67.6 Å². The number of amides is 1. The third-order valence-electron chi connectivity index (χ3n) is 6.57. The molecule has 9 nitrogen and oxygen atoms in total. The maximum atomic E-state index is 11.2. The molecule has 190 valence electrons. The van der Waals surface area contributed by atoms with Gasteiger partial charge in [0.25, 0.3) is 0 Å². The highest BCUT2D eigenvalue weighted by Crippen LogP contribution is 2.41. The molecule has 0 bridgehead atoms. The zero-order valence-corrected chi connectivity index (χ0v) is 20.6. The van der Waals surface area contributed by atoms with Crippen molar-refractivity contribution in [2.45, 2.75) is 26.2 Å². The highest BCUT2D eigenvalue weighted by Gasteiger charge is 2.30. The Hall–Kier alpha value is -4.89. The molecule has 9 heteroatoms. The van der Waals surface area contributed by atoms with Gasteiger partial charge in [-0.2, -0.15) is 0 Å². The summed E-state index contributed by atoms with van der Waals surface area (Å²) in [6.45, 7) is 2.84. The summed E-state index contributed by atoms with van der Waals surface area (Å²) in [5, 5.41) is 0. The molecule has 0 saturated heterocycles. The second kappa shape index (κ2) is 9.53. The van der Waals surface area contributed by atoms with Crippen molar-refractivity contribution in [2.75, 3.05) is 5.73 Å². The van der Waals surface area contributed by atoms with Gasteiger partial charge in [0.05, 0.1) is 18.4 Å². The molecule has 5 aromatic rings. The molecule has 38 heavy (non-hydrogen) atoms. The summed E-state index contributed by atoms with van der Waals surface area (Å²) in [5.41, 5.74) is 17.5. The Bertz CT molecular complexity index is 1640. The minimum atomic E-state index is -0.456. The summed E-state index contributed by atoms with van der Waals surface area (Å²) in [6, 6.07) is 22.2. The Labute approximate surface area is 218 Å².